The van der Waals surface area contributed by atoms with E-state index in [2.05, 4.69) is 5.32 Å². The number of carbonyl (C=O) groups is 1. The van der Waals surface area contributed by atoms with Gasteiger partial charge in [-0.25, -0.2) is 4.39 Å². The number of hydrogen-bond acceptors (Lipinski definition) is 3. The Kier molecular flexibility index (Phi) is 5.02. The molecule has 1 fully saturated rings. The second-order valence-corrected chi connectivity index (χ2v) is 7.67. The van der Waals surface area contributed by atoms with Crippen molar-refractivity contribution in [2.24, 2.45) is 0 Å². The quantitative estimate of drug-likeness (QED) is 0.636. The molecule has 1 spiro atoms. The lowest BCUT2D eigenvalue weighted by Gasteiger charge is -2.33. The lowest BCUT2D eigenvalue weighted by molar-refractivity contribution is -0.140. The summed E-state index contributed by atoms with van der Waals surface area (Å²) >= 11 is 6.26. The number of halogens is 5. The van der Waals surface area contributed by atoms with Crippen molar-refractivity contribution in [3.05, 3.63) is 64.1 Å². The van der Waals surface area contributed by atoms with Gasteiger partial charge >= 0.3 is 6.18 Å². The molecule has 9 heteroatoms. The third-order valence-electron chi connectivity index (χ3n) is 5.46. The SMILES string of the molecule is O=C1NC2(CCOCC2)C(O)=C1c1cc(-c2ccc(F)c(C(F)(F)F)c2)ccc1Cl. The molecule has 0 saturated carbocycles. The monoisotopic (exact) mass is 441 g/mol. The van der Waals surface area contributed by atoms with Crippen LogP contribution >= 0.6 is 11.6 Å². The van der Waals surface area contributed by atoms with Crippen LogP contribution in [-0.4, -0.2) is 29.8 Å². The molecule has 2 N–H and O–H groups in total. The molecule has 2 heterocycles. The minimum absolute atomic E-state index is 0.0260. The summed E-state index contributed by atoms with van der Waals surface area (Å²) in [7, 11) is 0. The van der Waals surface area contributed by atoms with Crippen molar-refractivity contribution in [2.75, 3.05) is 13.2 Å². The molecule has 2 aliphatic rings. The molecule has 4 nitrogen and oxygen atoms in total. The van der Waals surface area contributed by atoms with Crippen molar-refractivity contribution >= 4 is 23.1 Å². The highest BCUT2D eigenvalue weighted by molar-refractivity contribution is 6.35. The summed E-state index contributed by atoms with van der Waals surface area (Å²) in [6.45, 7) is 0.725. The van der Waals surface area contributed by atoms with Gasteiger partial charge in [0, 0.05) is 36.6 Å². The Morgan fingerprint density at radius 3 is 2.37 bits per heavy atom. The van der Waals surface area contributed by atoms with Crippen LogP contribution in [0.25, 0.3) is 16.7 Å². The van der Waals surface area contributed by atoms with Crippen LogP contribution in [0.5, 0.6) is 0 Å². The van der Waals surface area contributed by atoms with Crippen LogP contribution in [0.2, 0.25) is 5.02 Å². The molecule has 0 radical (unpaired) electrons. The number of benzene rings is 2. The van der Waals surface area contributed by atoms with Crippen molar-refractivity contribution in [3.63, 3.8) is 0 Å². The predicted molar refractivity (Wildman–Crippen MR) is 102 cm³/mol. The first-order valence-electron chi connectivity index (χ1n) is 9.13. The summed E-state index contributed by atoms with van der Waals surface area (Å²) in [6, 6.07) is 6.95. The average molecular weight is 442 g/mol. The molecular formula is C21H16ClF4NO3. The van der Waals surface area contributed by atoms with Crippen LogP contribution in [0, 0.1) is 5.82 Å². The summed E-state index contributed by atoms with van der Waals surface area (Å²) in [5, 5.41) is 13.8. The number of hydrogen-bond donors (Lipinski definition) is 2. The molecule has 0 aliphatic carbocycles. The number of carbonyl (C=O) groups excluding carboxylic acids is 1. The van der Waals surface area contributed by atoms with Gasteiger partial charge in [-0.2, -0.15) is 13.2 Å². The number of nitrogens with one attached hydrogen (secondary N) is 1. The fraction of sp³-hybridized carbons (Fsp3) is 0.286. The maximum absolute atomic E-state index is 13.6. The first kappa shape index (κ1) is 20.7. The van der Waals surface area contributed by atoms with E-state index in [0.717, 1.165) is 6.07 Å². The highest BCUT2D eigenvalue weighted by Gasteiger charge is 2.47. The van der Waals surface area contributed by atoms with E-state index in [1.807, 2.05) is 0 Å². The molecule has 158 valence electrons. The number of rotatable bonds is 2. The summed E-state index contributed by atoms with van der Waals surface area (Å²) < 4.78 is 58.1. The second kappa shape index (κ2) is 7.28. The number of alkyl halides is 3. The van der Waals surface area contributed by atoms with Crippen molar-refractivity contribution in [1.82, 2.24) is 5.32 Å². The third kappa shape index (κ3) is 3.44. The summed E-state index contributed by atoms with van der Waals surface area (Å²) in [6.07, 6.45) is -4.08. The van der Waals surface area contributed by atoms with Crippen molar-refractivity contribution in [1.29, 1.82) is 0 Å². The number of aliphatic hydroxyl groups is 1. The molecule has 2 aromatic carbocycles. The van der Waals surface area contributed by atoms with E-state index in [4.69, 9.17) is 16.3 Å². The Labute approximate surface area is 174 Å². The van der Waals surface area contributed by atoms with Crippen molar-refractivity contribution in [2.45, 2.75) is 24.6 Å². The van der Waals surface area contributed by atoms with Crippen molar-refractivity contribution < 1.29 is 32.2 Å². The average Bonchev–Trinajstić information content (AvgIpc) is 2.92. The molecule has 2 aliphatic heterocycles. The molecule has 4 rings (SSSR count). The van der Waals surface area contributed by atoms with Crippen LogP contribution in [0.3, 0.4) is 0 Å². The molecule has 2 aromatic rings. The fourth-order valence-electron chi connectivity index (χ4n) is 3.84. The van der Waals surface area contributed by atoms with E-state index in [-0.39, 0.29) is 27.5 Å². The highest BCUT2D eigenvalue weighted by Crippen LogP contribution is 2.41. The van der Waals surface area contributed by atoms with Crippen LogP contribution in [0.15, 0.2) is 42.2 Å². The molecule has 0 aromatic heterocycles. The van der Waals surface area contributed by atoms with E-state index >= 15 is 0 Å². The first-order valence-corrected chi connectivity index (χ1v) is 9.51. The Morgan fingerprint density at radius 2 is 1.70 bits per heavy atom. The van der Waals surface area contributed by atoms with Gasteiger partial charge in [0.05, 0.1) is 11.1 Å². The summed E-state index contributed by atoms with van der Waals surface area (Å²) in [5.41, 5.74) is -1.78. The lowest BCUT2D eigenvalue weighted by Crippen LogP contribution is -2.48. The van der Waals surface area contributed by atoms with E-state index < -0.39 is 29.0 Å². The zero-order chi connectivity index (χ0) is 21.7. The van der Waals surface area contributed by atoms with Gasteiger partial charge in [0.1, 0.15) is 17.1 Å². The van der Waals surface area contributed by atoms with E-state index in [1.54, 1.807) is 0 Å². The maximum Gasteiger partial charge on any atom is 0.419 e. The van der Waals surface area contributed by atoms with Gasteiger partial charge in [0.2, 0.25) is 0 Å². The Balaban J connectivity index is 1.81. The normalized spacial score (nSPS) is 18.8. The number of aliphatic hydroxyl groups excluding tert-OH is 1. The van der Waals surface area contributed by atoms with Gasteiger partial charge in [-0.3, -0.25) is 4.79 Å². The molecule has 30 heavy (non-hydrogen) atoms. The van der Waals surface area contributed by atoms with Crippen LogP contribution < -0.4 is 5.32 Å². The molecule has 1 saturated heterocycles. The van der Waals surface area contributed by atoms with Crippen molar-refractivity contribution in [3.8, 4) is 11.1 Å². The number of ether oxygens (including phenoxy) is 1. The zero-order valence-electron chi connectivity index (χ0n) is 15.4. The standard InChI is InChI=1S/C21H16ClF4NO3/c22-15-3-1-11(12-2-4-16(23)14(10-12)21(24,25)26)9-13(15)17-18(28)20(27-19(17)29)5-7-30-8-6-20/h1-4,9-10,28H,5-8H2,(H,27,29). The Hall–Kier alpha value is -2.58. The minimum Gasteiger partial charge on any atom is -0.509 e. The highest BCUT2D eigenvalue weighted by atomic mass is 35.5. The Morgan fingerprint density at radius 1 is 1.07 bits per heavy atom. The maximum atomic E-state index is 13.6. The van der Waals surface area contributed by atoms with E-state index in [0.29, 0.717) is 37.7 Å². The van der Waals surface area contributed by atoms with E-state index in [1.165, 1.54) is 24.3 Å². The van der Waals surface area contributed by atoms with Gasteiger partial charge < -0.3 is 15.2 Å². The van der Waals surface area contributed by atoms with Gasteiger partial charge in [-0.05, 0) is 35.4 Å². The smallest absolute Gasteiger partial charge is 0.419 e. The van der Waals surface area contributed by atoms with E-state index in [9.17, 15) is 27.5 Å². The fourth-order valence-corrected chi connectivity index (χ4v) is 4.05. The molecule has 0 unspecified atom stereocenters. The summed E-state index contributed by atoms with van der Waals surface area (Å²) in [4.78, 5) is 12.7. The van der Waals surface area contributed by atoms with Gasteiger partial charge in [0.25, 0.3) is 5.91 Å². The van der Waals surface area contributed by atoms with Crippen LogP contribution in [-0.2, 0) is 15.7 Å². The molecule has 0 atom stereocenters. The number of amides is 1. The zero-order valence-corrected chi connectivity index (χ0v) is 16.2. The van der Waals surface area contributed by atoms with Gasteiger partial charge in [-0.15, -0.1) is 0 Å². The Bertz CT molecular complexity index is 1060. The second-order valence-electron chi connectivity index (χ2n) is 7.26. The topological polar surface area (TPSA) is 58.6 Å². The summed E-state index contributed by atoms with van der Waals surface area (Å²) in [5.74, 6) is -2.06. The molecule has 1 amide bonds. The third-order valence-corrected chi connectivity index (χ3v) is 5.79. The first-order chi connectivity index (χ1) is 14.1. The van der Waals surface area contributed by atoms with Gasteiger partial charge in [0.15, 0.2) is 0 Å². The minimum atomic E-state index is -4.85. The predicted octanol–water partition coefficient (Wildman–Crippen LogP) is 5.11. The van der Waals surface area contributed by atoms with Crippen LogP contribution in [0.4, 0.5) is 17.6 Å². The largest absolute Gasteiger partial charge is 0.509 e. The molecular weight excluding hydrogens is 426 g/mol. The van der Waals surface area contributed by atoms with Gasteiger partial charge in [-0.1, -0.05) is 23.7 Å². The molecule has 0 bridgehead atoms. The lowest BCUT2D eigenvalue weighted by atomic mass is 9.87. The van der Waals surface area contributed by atoms with Crippen LogP contribution in [0.1, 0.15) is 24.0 Å².